The molecule has 0 amide bonds. The SMILES string of the molecule is CNS(=O)(=O)c1ccc(=C=S)c(=C=S)c1[N+](=O)[O-]. The average Bonchev–Trinajstić information content (AvgIpc) is 2.36. The van der Waals surface area contributed by atoms with Gasteiger partial charge in [-0.2, -0.15) is 0 Å². The van der Waals surface area contributed by atoms with E-state index in [0.29, 0.717) is 0 Å². The molecule has 0 spiro atoms. The minimum atomic E-state index is -3.97. The highest BCUT2D eigenvalue weighted by Gasteiger charge is 2.26. The van der Waals surface area contributed by atoms with Gasteiger partial charge >= 0.3 is 5.69 Å². The van der Waals surface area contributed by atoms with Crippen LogP contribution in [0.5, 0.6) is 0 Å². The van der Waals surface area contributed by atoms with E-state index in [2.05, 4.69) is 34.5 Å². The summed E-state index contributed by atoms with van der Waals surface area (Å²) in [5.74, 6) is 0. The monoisotopic (exact) mass is 302 g/mol. The van der Waals surface area contributed by atoms with E-state index in [0.717, 1.165) is 13.1 Å². The van der Waals surface area contributed by atoms with Crippen LogP contribution < -0.4 is 15.2 Å². The zero-order chi connectivity index (χ0) is 13.9. The van der Waals surface area contributed by atoms with Crippen LogP contribution in [0.4, 0.5) is 5.69 Å². The van der Waals surface area contributed by atoms with Crippen LogP contribution in [-0.2, 0) is 10.0 Å². The summed E-state index contributed by atoms with van der Waals surface area (Å²) in [7, 11) is -2.82. The first-order chi connectivity index (χ1) is 8.38. The molecule has 0 aromatic heterocycles. The largest absolute Gasteiger partial charge is 0.306 e. The van der Waals surface area contributed by atoms with E-state index in [1.807, 2.05) is 4.72 Å². The van der Waals surface area contributed by atoms with Crippen LogP contribution in [0.15, 0.2) is 17.0 Å². The average molecular weight is 302 g/mol. The number of nitro benzene ring substituents is 1. The lowest BCUT2D eigenvalue weighted by atomic mass is 10.2. The molecule has 9 heteroatoms. The third-order valence-electron chi connectivity index (χ3n) is 2.09. The first kappa shape index (κ1) is 14.6. The molecule has 0 atom stereocenters. The van der Waals surface area contributed by atoms with E-state index in [9.17, 15) is 18.5 Å². The van der Waals surface area contributed by atoms with Gasteiger partial charge in [-0.25, -0.2) is 13.1 Å². The van der Waals surface area contributed by atoms with Gasteiger partial charge in [-0.1, -0.05) is 0 Å². The van der Waals surface area contributed by atoms with E-state index >= 15 is 0 Å². The van der Waals surface area contributed by atoms with Crippen LogP contribution in [0.3, 0.4) is 0 Å². The second-order valence-corrected chi connectivity index (χ2v) is 5.27. The summed E-state index contributed by atoms with van der Waals surface area (Å²) in [6.07, 6.45) is 0. The molecule has 0 aliphatic heterocycles. The quantitative estimate of drug-likeness (QED) is 0.440. The minimum absolute atomic E-state index is 0.154. The van der Waals surface area contributed by atoms with Crippen molar-refractivity contribution in [2.24, 2.45) is 0 Å². The van der Waals surface area contributed by atoms with Crippen molar-refractivity contribution in [2.45, 2.75) is 4.90 Å². The van der Waals surface area contributed by atoms with Gasteiger partial charge in [-0.3, -0.25) is 10.1 Å². The van der Waals surface area contributed by atoms with Crippen LogP contribution >= 0.6 is 24.4 Å². The molecule has 0 aliphatic rings. The van der Waals surface area contributed by atoms with Gasteiger partial charge in [0.05, 0.1) is 10.1 Å². The fourth-order valence-electron chi connectivity index (χ4n) is 1.27. The van der Waals surface area contributed by atoms with Crippen LogP contribution in [0.2, 0.25) is 0 Å². The number of sulfonamides is 1. The zero-order valence-electron chi connectivity index (χ0n) is 8.96. The molecule has 1 rings (SSSR count). The number of rotatable bonds is 3. The predicted octanol–water partition coefficient (Wildman–Crippen LogP) is -0.957. The molecule has 0 radical (unpaired) electrons. The molecule has 0 heterocycles. The van der Waals surface area contributed by atoms with Crippen molar-refractivity contribution in [1.29, 1.82) is 0 Å². The lowest BCUT2D eigenvalue weighted by molar-refractivity contribution is -0.388. The van der Waals surface area contributed by atoms with E-state index in [-0.39, 0.29) is 10.4 Å². The third-order valence-corrected chi connectivity index (χ3v) is 3.96. The minimum Gasteiger partial charge on any atom is -0.258 e. The summed E-state index contributed by atoms with van der Waals surface area (Å²) < 4.78 is 25.3. The normalized spacial score (nSPS) is 10.5. The van der Waals surface area contributed by atoms with Crippen molar-refractivity contribution >= 4 is 50.2 Å². The highest BCUT2D eigenvalue weighted by Crippen LogP contribution is 2.16. The molecule has 1 aromatic rings. The van der Waals surface area contributed by atoms with Crippen LogP contribution in [0, 0.1) is 10.1 Å². The summed E-state index contributed by atoms with van der Waals surface area (Å²) in [4.78, 5) is 9.67. The molecule has 0 saturated carbocycles. The Hall–Kier alpha value is -1.47. The van der Waals surface area contributed by atoms with Gasteiger partial charge < -0.3 is 0 Å². The van der Waals surface area contributed by atoms with E-state index in [1.165, 1.54) is 6.07 Å². The van der Waals surface area contributed by atoms with Gasteiger partial charge in [-0.15, -0.1) is 0 Å². The second-order valence-electron chi connectivity index (χ2n) is 3.00. The van der Waals surface area contributed by atoms with Gasteiger partial charge in [0.15, 0.2) is 4.90 Å². The number of hydrogen-bond donors (Lipinski definition) is 1. The zero-order valence-corrected chi connectivity index (χ0v) is 11.4. The lowest BCUT2D eigenvalue weighted by Crippen LogP contribution is -2.32. The molecule has 1 aromatic carbocycles. The maximum absolute atomic E-state index is 11.7. The summed E-state index contributed by atoms with van der Waals surface area (Å²) in [5.41, 5.74) is -0.658. The molecule has 0 fully saturated rings. The highest BCUT2D eigenvalue weighted by molar-refractivity contribution is 7.89. The fraction of sp³-hybridized carbons (Fsp3) is 0.111. The van der Waals surface area contributed by atoms with E-state index in [4.69, 9.17) is 0 Å². The summed E-state index contributed by atoms with van der Waals surface area (Å²) in [6.45, 7) is 0. The fourth-order valence-corrected chi connectivity index (χ4v) is 2.54. The first-order valence-electron chi connectivity index (χ1n) is 4.40. The molecule has 1 N–H and O–H groups in total. The van der Waals surface area contributed by atoms with Crippen molar-refractivity contribution in [3.05, 3.63) is 32.7 Å². The number of nitro groups is 1. The van der Waals surface area contributed by atoms with Crippen molar-refractivity contribution in [2.75, 3.05) is 7.05 Å². The Kier molecular flexibility index (Phi) is 4.42. The molecule has 0 bridgehead atoms. The second kappa shape index (κ2) is 5.45. The Bertz CT molecular complexity index is 775. The molecule has 94 valence electrons. The van der Waals surface area contributed by atoms with Gasteiger partial charge in [0, 0.05) is 0 Å². The molecular formula is C9H6N2O4S3. The van der Waals surface area contributed by atoms with Gasteiger partial charge in [0.1, 0.15) is 5.22 Å². The highest BCUT2D eigenvalue weighted by atomic mass is 32.2. The Morgan fingerprint density at radius 2 is 1.94 bits per heavy atom. The van der Waals surface area contributed by atoms with Crippen LogP contribution in [0.25, 0.3) is 0 Å². The number of nitrogens with one attached hydrogen (secondary N) is 1. The smallest absolute Gasteiger partial charge is 0.258 e. The summed E-state index contributed by atoms with van der Waals surface area (Å²) in [5, 5.41) is 15.4. The summed E-state index contributed by atoms with van der Waals surface area (Å²) in [6, 6.07) is 2.37. The van der Waals surface area contributed by atoms with E-state index < -0.39 is 25.5 Å². The van der Waals surface area contributed by atoms with Crippen molar-refractivity contribution in [3.8, 4) is 0 Å². The third kappa shape index (κ3) is 2.51. The Morgan fingerprint density at radius 1 is 1.33 bits per heavy atom. The maximum Gasteiger partial charge on any atom is 0.306 e. The van der Waals surface area contributed by atoms with Crippen molar-refractivity contribution in [3.63, 3.8) is 0 Å². The lowest BCUT2D eigenvalue weighted by Gasteiger charge is -2.03. The van der Waals surface area contributed by atoms with Crippen LogP contribution in [0.1, 0.15) is 0 Å². The van der Waals surface area contributed by atoms with Crippen molar-refractivity contribution < 1.29 is 13.3 Å². The molecule has 18 heavy (non-hydrogen) atoms. The molecule has 6 nitrogen and oxygen atoms in total. The predicted molar refractivity (Wildman–Crippen MR) is 72.0 cm³/mol. The Labute approximate surface area is 113 Å². The number of nitrogens with zero attached hydrogens (tertiary/aromatic N) is 1. The maximum atomic E-state index is 11.7. The molecule has 0 aliphatic carbocycles. The summed E-state index contributed by atoms with van der Waals surface area (Å²) >= 11 is 9.10. The number of hydrogen-bond acceptors (Lipinski definition) is 6. The first-order valence-corrected chi connectivity index (χ1v) is 6.70. The van der Waals surface area contributed by atoms with E-state index in [1.54, 1.807) is 0 Å². The van der Waals surface area contributed by atoms with Crippen LogP contribution in [-0.4, -0.2) is 30.4 Å². The van der Waals surface area contributed by atoms with Gasteiger partial charge in [0.2, 0.25) is 10.0 Å². The topological polar surface area (TPSA) is 89.3 Å². The Balaban J connectivity index is 4.10. The molecule has 0 saturated heterocycles. The van der Waals surface area contributed by atoms with Crippen molar-refractivity contribution in [1.82, 2.24) is 4.72 Å². The Morgan fingerprint density at radius 3 is 2.33 bits per heavy atom. The van der Waals surface area contributed by atoms with Gasteiger partial charge in [-0.05, 0) is 53.7 Å². The molecule has 0 unspecified atom stereocenters. The number of benzene rings is 1. The van der Waals surface area contributed by atoms with Gasteiger partial charge in [0.25, 0.3) is 0 Å². The molecular weight excluding hydrogens is 296 g/mol. The number of thiocarbonyl (C=S) groups is 2. The standard InChI is InChI=1S/C9H6N2O4S3/c1-10-18(14,15)8-3-2-6(4-16)7(5-17)9(8)11(12)13/h2-3,10H,1H3.